The van der Waals surface area contributed by atoms with Crippen LogP contribution in [0.2, 0.25) is 0 Å². The summed E-state index contributed by atoms with van der Waals surface area (Å²) in [5, 5.41) is 8.06. The molecule has 3 amide bonds. The molecule has 7 nitrogen and oxygen atoms in total. The van der Waals surface area contributed by atoms with Gasteiger partial charge in [-0.2, -0.15) is 0 Å². The quantitative estimate of drug-likeness (QED) is 0.0701. The van der Waals surface area contributed by atoms with Gasteiger partial charge in [0.1, 0.15) is 10.9 Å². The van der Waals surface area contributed by atoms with Crippen molar-refractivity contribution >= 4 is 52.7 Å². The van der Waals surface area contributed by atoms with Crippen molar-refractivity contribution in [2.75, 3.05) is 10.6 Å². The van der Waals surface area contributed by atoms with Gasteiger partial charge in [-0.25, -0.2) is 0 Å². The molecule has 0 heterocycles. The van der Waals surface area contributed by atoms with Gasteiger partial charge in [0, 0.05) is 27.4 Å². The highest BCUT2D eigenvalue weighted by atomic mass is 32.2. The molecule has 0 bridgehead atoms. The highest BCUT2D eigenvalue weighted by molar-refractivity contribution is 8.00. The number of amides is 3. The number of hydrogen-bond acceptors (Lipinski definition) is 5. The second kappa shape index (κ2) is 16.4. The van der Waals surface area contributed by atoms with Gasteiger partial charge in [0.15, 0.2) is 5.78 Å². The van der Waals surface area contributed by atoms with Gasteiger partial charge in [-0.05, 0) is 90.2 Å². The maximum atomic E-state index is 13.7. The van der Waals surface area contributed by atoms with E-state index >= 15 is 0 Å². The van der Waals surface area contributed by atoms with Crippen LogP contribution in [0.3, 0.4) is 0 Å². The number of hydrogen-bond donors (Lipinski definition) is 3. The molecule has 5 aromatic rings. The third-order valence-corrected chi connectivity index (χ3v) is 8.94. The van der Waals surface area contributed by atoms with Gasteiger partial charge in [-0.15, -0.1) is 11.8 Å². The van der Waals surface area contributed by atoms with E-state index in [4.69, 9.17) is 0 Å². The lowest BCUT2D eigenvalue weighted by Gasteiger charge is -2.18. The van der Waals surface area contributed by atoms with Crippen LogP contribution in [0.1, 0.15) is 69.3 Å². The van der Waals surface area contributed by atoms with Crippen LogP contribution in [-0.4, -0.2) is 23.5 Å². The molecule has 0 saturated carbocycles. The Kier molecular flexibility index (Phi) is 11.6. The minimum Gasteiger partial charge on any atom is -0.325 e. The van der Waals surface area contributed by atoms with E-state index in [2.05, 4.69) is 29.8 Å². The van der Waals surface area contributed by atoms with Gasteiger partial charge in [-0.1, -0.05) is 92.7 Å². The summed E-state index contributed by atoms with van der Waals surface area (Å²) in [5.41, 5.74) is 4.88. The van der Waals surface area contributed by atoms with Crippen LogP contribution >= 0.6 is 11.8 Å². The zero-order valence-electron chi connectivity index (χ0n) is 27.5. The molecule has 1 unspecified atom stereocenters. The van der Waals surface area contributed by atoms with Crippen LogP contribution in [0.5, 0.6) is 0 Å². The summed E-state index contributed by atoms with van der Waals surface area (Å²) in [7, 11) is 0. The van der Waals surface area contributed by atoms with Crippen molar-refractivity contribution in [3.05, 3.63) is 167 Å². The fourth-order valence-corrected chi connectivity index (χ4v) is 6.05. The fourth-order valence-electron chi connectivity index (χ4n) is 4.96. The lowest BCUT2D eigenvalue weighted by molar-refractivity contribution is -0.116. The van der Waals surface area contributed by atoms with E-state index in [0.29, 0.717) is 28.4 Å². The summed E-state index contributed by atoms with van der Waals surface area (Å²) in [5.74, 6) is -0.832. The van der Waals surface area contributed by atoms with Crippen molar-refractivity contribution in [2.24, 2.45) is 0 Å². The van der Waals surface area contributed by atoms with E-state index in [1.54, 1.807) is 72.8 Å². The van der Waals surface area contributed by atoms with E-state index in [0.717, 1.165) is 16.0 Å². The third kappa shape index (κ3) is 9.65. The first-order chi connectivity index (χ1) is 23.7. The van der Waals surface area contributed by atoms with Gasteiger partial charge in [-0.3, -0.25) is 19.2 Å². The number of rotatable bonds is 12. The molecule has 0 radical (unpaired) electrons. The molecule has 5 aromatic carbocycles. The molecule has 49 heavy (non-hydrogen) atoms. The molecule has 246 valence electrons. The summed E-state index contributed by atoms with van der Waals surface area (Å²) in [6, 6.07) is 40.0. The smallest absolute Gasteiger partial charge is 0.272 e. The zero-order valence-corrected chi connectivity index (χ0v) is 28.3. The third-order valence-electron chi connectivity index (χ3n) is 7.69. The average Bonchev–Trinajstić information content (AvgIpc) is 3.11. The number of benzene rings is 5. The number of carbonyl (C=O) groups is 4. The van der Waals surface area contributed by atoms with Crippen LogP contribution in [0.15, 0.2) is 144 Å². The van der Waals surface area contributed by atoms with Crippen LogP contribution in [0.4, 0.5) is 11.4 Å². The Morgan fingerprint density at radius 3 is 1.92 bits per heavy atom. The largest absolute Gasteiger partial charge is 0.325 e. The average molecular weight is 668 g/mol. The molecule has 0 fully saturated rings. The highest BCUT2D eigenvalue weighted by Gasteiger charge is 2.23. The molecule has 0 aliphatic heterocycles. The van der Waals surface area contributed by atoms with Crippen molar-refractivity contribution in [3.63, 3.8) is 0 Å². The fraction of sp³-hybridized carbons (Fsp3) is 0.122. The van der Waals surface area contributed by atoms with E-state index in [1.165, 1.54) is 24.2 Å². The topological polar surface area (TPSA) is 104 Å². The highest BCUT2D eigenvalue weighted by Crippen LogP contribution is 2.37. The Morgan fingerprint density at radius 2 is 1.29 bits per heavy atom. The van der Waals surface area contributed by atoms with Crippen molar-refractivity contribution in [1.82, 2.24) is 5.32 Å². The predicted molar refractivity (Wildman–Crippen MR) is 198 cm³/mol. The first kappa shape index (κ1) is 34.6. The van der Waals surface area contributed by atoms with Crippen LogP contribution in [-0.2, 0) is 9.59 Å². The Balaban J connectivity index is 1.37. The number of carbonyl (C=O) groups excluding carboxylic acids is 4. The maximum Gasteiger partial charge on any atom is 0.272 e. The number of Topliss-reactive ketones (excluding diaryl/α,β-unsaturated/α-hetero) is 1. The first-order valence-corrected chi connectivity index (χ1v) is 16.8. The van der Waals surface area contributed by atoms with Crippen molar-refractivity contribution < 1.29 is 19.2 Å². The van der Waals surface area contributed by atoms with E-state index < -0.39 is 17.1 Å². The van der Waals surface area contributed by atoms with Crippen LogP contribution < -0.4 is 16.0 Å². The van der Waals surface area contributed by atoms with E-state index in [9.17, 15) is 19.2 Å². The van der Waals surface area contributed by atoms with Gasteiger partial charge in [0.25, 0.3) is 11.8 Å². The Labute approximate surface area is 290 Å². The first-order valence-electron chi connectivity index (χ1n) is 15.9. The molecule has 0 spiro atoms. The molecule has 0 aromatic heterocycles. The second-order valence-electron chi connectivity index (χ2n) is 11.7. The number of ketones is 1. The SMILES string of the molecule is CC(=O)c1ccc(NC(=O)C(Sc2cccc(NC(=O)/C(=C\c3ccc(C(C)C)cc3)NC(=O)c3ccccc3)c2)c2ccccc2)cc1. The molecular weight excluding hydrogens is 631 g/mol. The number of anilines is 2. The molecular formula is C41H37N3O4S. The summed E-state index contributed by atoms with van der Waals surface area (Å²) >= 11 is 1.34. The standard InChI is InChI=1S/C41H37N3O4S/c1-27(2)30-19-17-29(18-20-30)25-37(44-39(46)33-13-8-5-9-14-33)40(47)43-35-15-10-16-36(26-35)49-38(32-11-6-4-7-12-32)41(48)42-34-23-21-31(22-24-34)28(3)45/h4-27,38H,1-3H3,(H,42,48)(H,43,47)(H,44,46)/b37-25+. The zero-order chi connectivity index (χ0) is 34.8. The molecule has 0 saturated heterocycles. The lowest BCUT2D eigenvalue weighted by atomic mass is 10.0. The normalized spacial score (nSPS) is 11.8. The Bertz CT molecular complexity index is 1960. The molecule has 0 aliphatic rings. The summed E-state index contributed by atoms with van der Waals surface area (Å²) in [6.45, 7) is 5.72. The molecule has 3 N–H and O–H groups in total. The lowest BCUT2D eigenvalue weighted by Crippen LogP contribution is -2.30. The minimum atomic E-state index is -0.617. The van der Waals surface area contributed by atoms with E-state index in [-0.39, 0.29) is 17.4 Å². The van der Waals surface area contributed by atoms with Gasteiger partial charge in [0.2, 0.25) is 5.91 Å². The molecule has 0 aliphatic carbocycles. The predicted octanol–water partition coefficient (Wildman–Crippen LogP) is 8.89. The number of thioether (sulfide) groups is 1. The van der Waals surface area contributed by atoms with Crippen LogP contribution in [0.25, 0.3) is 6.08 Å². The maximum absolute atomic E-state index is 13.7. The molecule has 5 rings (SSSR count). The second-order valence-corrected chi connectivity index (χ2v) is 12.9. The molecule has 1 atom stereocenters. The monoisotopic (exact) mass is 667 g/mol. The van der Waals surface area contributed by atoms with Crippen molar-refractivity contribution in [3.8, 4) is 0 Å². The van der Waals surface area contributed by atoms with Gasteiger partial charge < -0.3 is 16.0 Å². The van der Waals surface area contributed by atoms with E-state index in [1.807, 2.05) is 66.7 Å². The van der Waals surface area contributed by atoms with Gasteiger partial charge >= 0.3 is 0 Å². The minimum absolute atomic E-state index is 0.0518. The van der Waals surface area contributed by atoms with Crippen LogP contribution in [0, 0.1) is 0 Å². The number of nitrogens with one attached hydrogen (secondary N) is 3. The summed E-state index contributed by atoms with van der Waals surface area (Å²) < 4.78 is 0. The summed E-state index contributed by atoms with van der Waals surface area (Å²) in [6.07, 6.45) is 1.65. The van der Waals surface area contributed by atoms with Gasteiger partial charge in [0.05, 0.1) is 0 Å². The Hall–Kier alpha value is -5.73. The summed E-state index contributed by atoms with van der Waals surface area (Å²) in [4.78, 5) is 52.9. The molecule has 8 heteroatoms. The Morgan fingerprint density at radius 1 is 0.633 bits per heavy atom. The van der Waals surface area contributed by atoms with Crippen molar-refractivity contribution in [2.45, 2.75) is 36.8 Å². The van der Waals surface area contributed by atoms with Crippen molar-refractivity contribution in [1.29, 1.82) is 0 Å².